The Balaban J connectivity index is 2.38. The van der Waals surface area contributed by atoms with E-state index in [1.165, 1.54) is 4.90 Å². The summed E-state index contributed by atoms with van der Waals surface area (Å²) in [6, 6.07) is -0.342. The van der Waals surface area contributed by atoms with Gasteiger partial charge in [-0.1, -0.05) is 0 Å². The van der Waals surface area contributed by atoms with E-state index in [4.69, 9.17) is 9.84 Å². The summed E-state index contributed by atoms with van der Waals surface area (Å²) in [6.07, 6.45) is 1.60. The zero-order valence-corrected chi connectivity index (χ0v) is 10.3. The summed E-state index contributed by atoms with van der Waals surface area (Å²) in [5, 5.41) is 10.9. The average molecular weight is 258 g/mol. The fourth-order valence-corrected chi connectivity index (χ4v) is 1.48. The van der Waals surface area contributed by atoms with E-state index < -0.39 is 18.0 Å². The number of amides is 2. The predicted octanol–water partition coefficient (Wildman–Crippen LogP) is 0.198. The van der Waals surface area contributed by atoms with Crippen molar-refractivity contribution in [2.45, 2.75) is 32.2 Å². The molecular formula is C11H18N2O5. The van der Waals surface area contributed by atoms with Crippen LogP contribution in [0.4, 0.5) is 4.79 Å². The standard InChI is InChI=1S/C11H18N2O5/c1-2-18-10(16)7-13(8-3-4-8)11(17)12-6-5-9(14)15/h8H,2-7H2,1H3,(H,12,17)(H,14,15). The highest BCUT2D eigenvalue weighted by Gasteiger charge is 2.34. The zero-order valence-electron chi connectivity index (χ0n) is 10.3. The molecule has 0 aromatic carbocycles. The molecule has 2 N–H and O–H groups in total. The average Bonchev–Trinajstić information content (AvgIpc) is 3.09. The van der Waals surface area contributed by atoms with Crippen molar-refractivity contribution < 1.29 is 24.2 Å². The van der Waals surface area contributed by atoms with Gasteiger partial charge in [-0.2, -0.15) is 0 Å². The Kier molecular flexibility index (Phi) is 5.41. The van der Waals surface area contributed by atoms with Crippen LogP contribution in [-0.2, 0) is 14.3 Å². The second-order valence-corrected chi connectivity index (χ2v) is 4.04. The monoisotopic (exact) mass is 258 g/mol. The molecular weight excluding hydrogens is 240 g/mol. The van der Waals surface area contributed by atoms with E-state index in [1.54, 1.807) is 6.92 Å². The highest BCUT2D eigenvalue weighted by atomic mass is 16.5. The molecule has 1 aliphatic carbocycles. The Labute approximate surface area is 105 Å². The minimum absolute atomic E-state index is 0.0558. The fourth-order valence-electron chi connectivity index (χ4n) is 1.48. The Morgan fingerprint density at radius 3 is 2.56 bits per heavy atom. The van der Waals surface area contributed by atoms with Crippen molar-refractivity contribution in [2.75, 3.05) is 19.7 Å². The number of carbonyl (C=O) groups excluding carboxylic acids is 2. The lowest BCUT2D eigenvalue weighted by Crippen LogP contribution is -2.45. The first kappa shape index (κ1) is 14.3. The lowest BCUT2D eigenvalue weighted by Gasteiger charge is -2.21. The van der Waals surface area contributed by atoms with Crippen LogP contribution in [0, 0.1) is 0 Å². The van der Waals surface area contributed by atoms with Crippen molar-refractivity contribution in [3.8, 4) is 0 Å². The van der Waals surface area contributed by atoms with Crippen molar-refractivity contribution in [1.29, 1.82) is 0 Å². The first-order valence-electron chi connectivity index (χ1n) is 5.96. The summed E-state index contributed by atoms with van der Waals surface area (Å²) >= 11 is 0. The summed E-state index contributed by atoms with van der Waals surface area (Å²) in [4.78, 5) is 34.8. The molecule has 0 saturated heterocycles. The smallest absolute Gasteiger partial charge is 0.325 e. The van der Waals surface area contributed by atoms with Gasteiger partial charge < -0.3 is 20.1 Å². The van der Waals surface area contributed by atoms with Crippen molar-refractivity contribution in [3.05, 3.63) is 0 Å². The molecule has 7 heteroatoms. The molecule has 1 fully saturated rings. The van der Waals surface area contributed by atoms with Gasteiger partial charge in [-0.15, -0.1) is 0 Å². The topological polar surface area (TPSA) is 95.9 Å². The molecule has 18 heavy (non-hydrogen) atoms. The number of nitrogens with one attached hydrogen (secondary N) is 1. The van der Waals surface area contributed by atoms with Gasteiger partial charge >= 0.3 is 18.0 Å². The molecule has 0 aromatic heterocycles. The summed E-state index contributed by atoms with van der Waals surface area (Å²) in [5.41, 5.74) is 0. The summed E-state index contributed by atoms with van der Waals surface area (Å²) < 4.78 is 4.79. The van der Waals surface area contributed by atoms with E-state index in [1.807, 2.05) is 0 Å². The van der Waals surface area contributed by atoms with Crippen LogP contribution >= 0.6 is 0 Å². The number of hydrogen-bond donors (Lipinski definition) is 2. The zero-order chi connectivity index (χ0) is 13.5. The minimum atomic E-state index is -0.973. The predicted molar refractivity (Wildman–Crippen MR) is 62.0 cm³/mol. The SMILES string of the molecule is CCOC(=O)CN(C(=O)NCCC(=O)O)C1CC1. The third kappa shape index (κ3) is 5.03. The number of urea groups is 1. The second kappa shape index (κ2) is 6.83. The highest BCUT2D eigenvalue weighted by Crippen LogP contribution is 2.26. The summed E-state index contributed by atoms with van der Waals surface area (Å²) in [5.74, 6) is -1.42. The number of aliphatic carboxylic acids is 1. The molecule has 0 aliphatic heterocycles. The molecule has 1 saturated carbocycles. The van der Waals surface area contributed by atoms with E-state index in [9.17, 15) is 14.4 Å². The van der Waals surface area contributed by atoms with Gasteiger partial charge in [-0.05, 0) is 19.8 Å². The molecule has 0 atom stereocenters. The number of rotatable bonds is 7. The van der Waals surface area contributed by atoms with Crippen LogP contribution in [0.3, 0.4) is 0 Å². The number of esters is 1. The Morgan fingerprint density at radius 2 is 2.06 bits per heavy atom. The normalized spacial score (nSPS) is 13.8. The number of carbonyl (C=O) groups is 3. The third-order valence-corrected chi connectivity index (χ3v) is 2.47. The maximum Gasteiger partial charge on any atom is 0.325 e. The van der Waals surface area contributed by atoms with E-state index >= 15 is 0 Å². The lowest BCUT2D eigenvalue weighted by molar-refractivity contribution is -0.144. The number of carboxylic acids is 1. The molecule has 0 radical (unpaired) electrons. The van der Waals surface area contributed by atoms with Crippen LogP contribution in [0.5, 0.6) is 0 Å². The first-order valence-corrected chi connectivity index (χ1v) is 5.96. The Hall–Kier alpha value is -1.79. The number of nitrogens with zero attached hydrogens (tertiary/aromatic N) is 1. The third-order valence-electron chi connectivity index (χ3n) is 2.47. The van der Waals surface area contributed by atoms with Crippen molar-refractivity contribution >= 4 is 18.0 Å². The lowest BCUT2D eigenvalue weighted by atomic mass is 10.4. The highest BCUT2D eigenvalue weighted by molar-refractivity contribution is 5.81. The maximum atomic E-state index is 11.8. The Morgan fingerprint density at radius 1 is 1.39 bits per heavy atom. The van der Waals surface area contributed by atoms with Crippen molar-refractivity contribution in [1.82, 2.24) is 10.2 Å². The molecule has 102 valence electrons. The quantitative estimate of drug-likeness (QED) is 0.636. The summed E-state index contributed by atoms with van der Waals surface area (Å²) in [6.45, 7) is 1.95. The molecule has 1 rings (SSSR count). The van der Waals surface area contributed by atoms with E-state index in [0.29, 0.717) is 0 Å². The molecule has 7 nitrogen and oxygen atoms in total. The van der Waals surface area contributed by atoms with Crippen LogP contribution in [0.1, 0.15) is 26.2 Å². The molecule has 0 unspecified atom stereocenters. The van der Waals surface area contributed by atoms with Gasteiger partial charge in [0.1, 0.15) is 6.54 Å². The molecule has 0 heterocycles. The summed E-state index contributed by atoms with van der Waals surface area (Å²) in [7, 11) is 0. The van der Waals surface area contributed by atoms with Crippen LogP contribution in [0.15, 0.2) is 0 Å². The molecule has 0 bridgehead atoms. The number of ether oxygens (including phenoxy) is 1. The van der Waals surface area contributed by atoms with Gasteiger partial charge in [-0.25, -0.2) is 4.79 Å². The van der Waals surface area contributed by atoms with Crippen LogP contribution in [-0.4, -0.2) is 53.7 Å². The second-order valence-electron chi connectivity index (χ2n) is 4.04. The molecule has 0 aromatic rings. The van der Waals surface area contributed by atoms with Crippen molar-refractivity contribution in [2.24, 2.45) is 0 Å². The Bertz CT molecular complexity index is 327. The molecule has 0 spiro atoms. The maximum absolute atomic E-state index is 11.8. The molecule has 2 amide bonds. The van der Waals surface area contributed by atoms with Crippen LogP contribution in [0.2, 0.25) is 0 Å². The van der Waals surface area contributed by atoms with Gasteiger partial charge in [-0.3, -0.25) is 9.59 Å². The van der Waals surface area contributed by atoms with Crippen molar-refractivity contribution in [3.63, 3.8) is 0 Å². The van der Waals surface area contributed by atoms with E-state index in [2.05, 4.69) is 5.32 Å². The van der Waals surface area contributed by atoms with Gasteiger partial charge in [0.05, 0.1) is 13.0 Å². The number of hydrogen-bond acceptors (Lipinski definition) is 4. The van der Waals surface area contributed by atoms with Gasteiger partial charge in [0.2, 0.25) is 0 Å². The van der Waals surface area contributed by atoms with Gasteiger partial charge in [0.25, 0.3) is 0 Å². The van der Waals surface area contributed by atoms with Crippen LogP contribution < -0.4 is 5.32 Å². The van der Waals surface area contributed by atoms with Gasteiger partial charge in [0.15, 0.2) is 0 Å². The molecule has 1 aliphatic rings. The van der Waals surface area contributed by atoms with E-state index in [0.717, 1.165) is 12.8 Å². The minimum Gasteiger partial charge on any atom is -0.481 e. The van der Waals surface area contributed by atoms with E-state index in [-0.39, 0.29) is 32.2 Å². The number of carboxylic acid groups (broad SMARTS) is 1. The van der Waals surface area contributed by atoms with Gasteiger partial charge in [0, 0.05) is 12.6 Å². The largest absolute Gasteiger partial charge is 0.481 e. The van der Waals surface area contributed by atoms with Crippen LogP contribution in [0.25, 0.3) is 0 Å². The fraction of sp³-hybridized carbons (Fsp3) is 0.727. The first-order chi connectivity index (χ1) is 8.54.